The number of carbonyl (C=O) groups excluding carboxylic acids is 1. The van der Waals surface area contributed by atoms with E-state index in [1.54, 1.807) is 7.11 Å². The Labute approximate surface area is 201 Å². The monoisotopic (exact) mass is 458 g/mol. The smallest absolute Gasteiger partial charge is 0.220 e. The van der Waals surface area contributed by atoms with Gasteiger partial charge in [-0.1, -0.05) is 69.4 Å². The molecule has 1 aromatic rings. The predicted molar refractivity (Wildman–Crippen MR) is 139 cm³/mol. The van der Waals surface area contributed by atoms with E-state index in [9.17, 15) is 4.79 Å². The highest BCUT2D eigenvalue weighted by atomic mass is 16.5. The molecule has 186 valence electrons. The van der Waals surface area contributed by atoms with Crippen LogP contribution in [0.15, 0.2) is 42.5 Å². The fraction of sp³-hybridized carbons (Fsp3) is 0.607. The van der Waals surface area contributed by atoms with Crippen molar-refractivity contribution in [2.45, 2.75) is 90.5 Å². The summed E-state index contributed by atoms with van der Waals surface area (Å²) in [4.78, 5) is 12.1. The Morgan fingerprint density at radius 2 is 1.64 bits per heavy atom. The maximum Gasteiger partial charge on any atom is 0.220 e. The molecule has 0 radical (unpaired) electrons. The number of carbonyl (C=O) groups is 1. The van der Waals surface area contributed by atoms with Crippen molar-refractivity contribution in [2.24, 2.45) is 5.73 Å². The summed E-state index contributed by atoms with van der Waals surface area (Å²) < 4.78 is 10.9. The van der Waals surface area contributed by atoms with Gasteiger partial charge < -0.3 is 20.5 Å². The minimum Gasteiger partial charge on any atom is -0.493 e. The molecule has 0 heterocycles. The predicted octanol–water partition coefficient (Wildman–Crippen LogP) is 6.46. The molecule has 0 fully saturated rings. The highest BCUT2D eigenvalue weighted by molar-refractivity contribution is 5.75. The zero-order valence-electron chi connectivity index (χ0n) is 21.0. The van der Waals surface area contributed by atoms with Crippen LogP contribution < -0.4 is 20.5 Å². The number of rotatable bonds is 20. The first-order valence-corrected chi connectivity index (χ1v) is 12.8. The Bertz CT molecular complexity index is 686. The van der Waals surface area contributed by atoms with Gasteiger partial charge in [0.25, 0.3) is 0 Å². The zero-order chi connectivity index (χ0) is 24.0. The Morgan fingerprint density at radius 3 is 2.33 bits per heavy atom. The molecule has 0 bridgehead atoms. The fourth-order valence-corrected chi connectivity index (χ4v) is 3.50. The minimum absolute atomic E-state index is 0.100. The quantitative estimate of drug-likeness (QED) is 0.174. The summed E-state index contributed by atoms with van der Waals surface area (Å²) in [5, 5.41) is 2.99. The second kappa shape index (κ2) is 20.3. The summed E-state index contributed by atoms with van der Waals surface area (Å²) in [5.41, 5.74) is 6.46. The average molecular weight is 459 g/mol. The van der Waals surface area contributed by atoms with E-state index in [-0.39, 0.29) is 5.91 Å². The van der Waals surface area contributed by atoms with Crippen LogP contribution in [0.2, 0.25) is 0 Å². The van der Waals surface area contributed by atoms with Crippen LogP contribution in [0.25, 0.3) is 0 Å². The van der Waals surface area contributed by atoms with E-state index >= 15 is 0 Å². The van der Waals surface area contributed by atoms with Gasteiger partial charge in [-0.3, -0.25) is 4.79 Å². The highest BCUT2D eigenvalue weighted by Crippen LogP contribution is 2.28. The van der Waals surface area contributed by atoms with E-state index < -0.39 is 0 Å². The number of nitrogens with one attached hydrogen (secondary N) is 1. The molecule has 1 rings (SSSR count). The molecule has 0 aliphatic carbocycles. The molecule has 0 unspecified atom stereocenters. The van der Waals surface area contributed by atoms with Crippen molar-refractivity contribution in [1.82, 2.24) is 5.32 Å². The van der Waals surface area contributed by atoms with Crippen molar-refractivity contribution in [2.75, 3.05) is 20.3 Å². The SMILES string of the molecule is CCCCC/C=C\C/C=C\CCCCCCCC(=O)NCc1ccc(OCCN)c(OC)c1. The molecule has 0 aliphatic heterocycles. The first-order chi connectivity index (χ1) is 16.2. The standard InChI is InChI=1S/C28H46N2O3/c1-3-4-5-6-7-8-9-10-11-12-13-14-15-16-17-18-28(31)30-24-25-19-20-26(33-22-21-29)27(23-25)32-2/h7-8,10-11,19-20,23H,3-6,9,12-18,21-22,24,29H2,1-2H3,(H,30,31)/b8-7-,11-10-. The first-order valence-electron chi connectivity index (χ1n) is 12.8. The lowest BCUT2D eigenvalue weighted by atomic mass is 10.1. The van der Waals surface area contributed by atoms with E-state index in [1.165, 1.54) is 44.9 Å². The van der Waals surface area contributed by atoms with Gasteiger partial charge in [0.15, 0.2) is 11.5 Å². The number of methoxy groups -OCH3 is 1. The summed E-state index contributed by atoms with van der Waals surface area (Å²) in [5.74, 6) is 1.43. The van der Waals surface area contributed by atoms with E-state index in [2.05, 4.69) is 36.5 Å². The molecule has 33 heavy (non-hydrogen) atoms. The fourth-order valence-electron chi connectivity index (χ4n) is 3.50. The number of nitrogens with two attached hydrogens (primary N) is 1. The Kier molecular flexibility index (Phi) is 17.7. The lowest BCUT2D eigenvalue weighted by molar-refractivity contribution is -0.121. The zero-order valence-corrected chi connectivity index (χ0v) is 21.0. The molecule has 1 aromatic carbocycles. The number of hydrogen-bond donors (Lipinski definition) is 2. The van der Waals surface area contributed by atoms with Gasteiger partial charge in [0.05, 0.1) is 7.11 Å². The summed E-state index contributed by atoms with van der Waals surface area (Å²) in [6.45, 7) is 3.63. The molecule has 0 aromatic heterocycles. The van der Waals surface area contributed by atoms with Crippen molar-refractivity contribution in [3.63, 3.8) is 0 Å². The van der Waals surface area contributed by atoms with Crippen LogP contribution in [0.3, 0.4) is 0 Å². The summed E-state index contributed by atoms with van der Waals surface area (Å²) in [6, 6.07) is 5.69. The van der Waals surface area contributed by atoms with Gasteiger partial charge in [0, 0.05) is 19.5 Å². The molecule has 5 heteroatoms. The third-order valence-electron chi connectivity index (χ3n) is 5.45. The molecule has 0 spiro atoms. The van der Waals surface area contributed by atoms with Gasteiger partial charge in [0.1, 0.15) is 6.61 Å². The van der Waals surface area contributed by atoms with Crippen LogP contribution in [-0.4, -0.2) is 26.2 Å². The van der Waals surface area contributed by atoms with E-state index in [4.69, 9.17) is 15.2 Å². The van der Waals surface area contributed by atoms with Crippen molar-refractivity contribution < 1.29 is 14.3 Å². The van der Waals surface area contributed by atoms with Gasteiger partial charge in [-0.25, -0.2) is 0 Å². The van der Waals surface area contributed by atoms with Gasteiger partial charge in [-0.2, -0.15) is 0 Å². The number of amides is 1. The number of ether oxygens (including phenoxy) is 2. The van der Waals surface area contributed by atoms with Crippen molar-refractivity contribution in [3.8, 4) is 11.5 Å². The summed E-state index contributed by atoms with van der Waals surface area (Å²) >= 11 is 0. The molecule has 5 nitrogen and oxygen atoms in total. The normalized spacial score (nSPS) is 11.4. The van der Waals surface area contributed by atoms with Crippen LogP contribution in [0.4, 0.5) is 0 Å². The third kappa shape index (κ3) is 15.2. The summed E-state index contributed by atoms with van der Waals surface area (Å²) in [6.07, 6.45) is 22.8. The third-order valence-corrected chi connectivity index (χ3v) is 5.45. The molecule has 3 N–H and O–H groups in total. The van der Waals surface area contributed by atoms with Gasteiger partial charge >= 0.3 is 0 Å². The molecule has 0 saturated carbocycles. The highest BCUT2D eigenvalue weighted by Gasteiger charge is 2.07. The van der Waals surface area contributed by atoms with E-state index in [0.29, 0.717) is 37.6 Å². The van der Waals surface area contributed by atoms with Gasteiger partial charge in [-0.15, -0.1) is 0 Å². The Hall–Kier alpha value is -2.27. The molecule has 1 amide bonds. The lowest BCUT2D eigenvalue weighted by Crippen LogP contribution is -2.22. The van der Waals surface area contributed by atoms with Crippen molar-refractivity contribution >= 4 is 5.91 Å². The maximum atomic E-state index is 12.1. The van der Waals surface area contributed by atoms with Gasteiger partial charge in [0.2, 0.25) is 5.91 Å². The number of hydrogen-bond acceptors (Lipinski definition) is 4. The second-order valence-electron chi connectivity index (χ2n) is 8.38. The van der Waals surface area contributed by atoms with Gasteiger partial charge in [-0.05, 0) is 56.2 Å². The van der Waals surface area contributed by atoms with Crippen LogP contribution in [0.1, 0.15) is 89.5 Å². The van der Waals surface area contributed by atoms with Crippen LogP contribution in [0, 0.1) is 0 Å². The van der Waals surface area contributed by atoms with Crippen LogP contribution >= 0.6 is 0 Å². The molecular formula is C28H46N2O3. The van der Waals surface area contributed by atoms with Crippen molar-refractivity contribution in [3.05, 3.63) is 48.1 Å². The van der Waals surface area contributed by atoms with E-state index in [0.717, 1.165) is 31.2 Å². The molecular weight excluding hydrogens is 412 g/mol. The lowest BCUT2D eigenvalue weighted by Gasteiger charge is -2.12. The van der Waals surface area contributed by atoms with Crippen molar-refractivity contribution in [1.29, 1.82) is 0 Å². The first kappa shape index (κ1) is 28.8. The molecule has 0 aliphatic rings. The largest absolute Gasteiger partial charge is 0.493 e. The number of unbranched alkanes of at least 4 members (excludes halogenated alkanes) is 8. The topological polar surface area (TPSA) is 73.6 Å². The van der Waals surface area contributed by atoms with Crippen LogP contribution in [0.5, 0.6) is 11.5 Å². The van der Waals surface area contributed by atoms with E-state index in [1.807, 2.05) is 18.2 Å². The minimum atomic E-state index is 0.100. The number of benzene rings is 1. The maximum absolute atomic E-state index is 12.1. The molecule has 0 atom stereocenters. The van der Waals surface area contributed by atoms with Crippen LogP contribution in [-0.2, 0) is 11.3 Å². The Morgan fingerprint density at radius 1 is 0.939 bits per heavy atom. The Balaban J connectivity index is 2.04. The summed E-state index contributed by atoms with van der Waals surface area (Å²) in [7, 11) is 1.61. The average Bonchev–Trinajstić information content (AvgIpc) is 2.84. The molecule has 0 saturated heterocycles. The number of allylic oxidation sites excluding steroid dienone is 4. The second-order valence-corrected chi connectivity index (χ2v) is 8.38.